The quantitative estimate of drug-likeness (QED) is 0.239. The van der Waals surface area contributed by atoms with Gasteiger partial charge in [-0.1, -0.05) is 0 Å². The summed E-state index contributed by atoms with van der Waals surface area (Å²) in [6, 6.07) is -0.833. The average molecular weight is 365 g/mol. The molecule has 0 aromatic rings. The molecule has 0 saturated heterocycles. The summed E-state index contributed by atoms with van der Waals surface area (Å²) in [6.45, 7) is 0. The Morgan fingerprint density at radius 1 is 0.789 bits per heavy atom. The van der Waals surface area contributed by atoms with Gasteiger partial charge in [0.1, 0.15) is 0 Å². The molecule has 0 rings (SSSR count). The number of rotatable bonds is 0. The molecular formula is CH18ClMgN2NaO12S. The van der Waals surface area contributed by atoms with Gasteiger partial charge < -0.3 is 71.3 Å². The Morgan fingerprint density at radius 3 is 0.789 bits per heavy atom. The fraction of sp³-hybridized carbons (Fsp3) is 0. The van der Waals surface area contributed by atoms with Crippen molar-refractivity contribution in [1.29, 1.82) is 0 Å². The van der Waals surface area contributed by atoms with Crippen LogP contribution >= 0.6 is 0 Å². The van der Waals surface area contributed by atoms with Gasteiger partial charge in [-0.25, -0.2) is 4.79 Å². The number of urea groups is 1. The van der Waals surface area contributed by atoms with E-state index in [1.165, 1.54) is 0 Å². The monoisotopic (exact) mass is 364 g/mol. The topological polar surface area (TPSA) is 370 Å². The van der Waals surface area contributed by atoms with Crippen LogP contribution in [0.3, 0.4) is 0 Å². The minimum Gasteiger partial charge on any atom is -1.00 e. The standard InChI is InChI=1S/CH4N2O.ClH.Mg.Na.H2O4S.7H2O/c2-1(3)4;;;;1-5(2,3)4;;;;;;;/h(H4,2,3,4);1H;;;(H2,1,2,3,4);7*1H2/q;;+2;+1;;;;;;;;/p-3. The number of halogens is 1. The Bertz CT molecular complexity index is 178. The molecule has 19 heavy (non-hydrogen) atoms. The van der Waals surface area contributed by atoms with E-state index >= 15 is 0 Å². The van der Waals surface area contributed by atoms with Crippen molar-refractivity contribution in [1.82, 2.24) is 0 Å². The van der Waals surface area contributed by atoms with E-state index in [4.69, 9.17) is 22.3 Å². The maximum atomic E-state index is 9.00. The third-order valence-electron chi connectivity index (χ3n) is 0. The summed E-state index contributed by atoms with van der Waals surface area (Å²) in [5, 5.41) is 0. The molecule has 14 nitrogen and oxygen atoms in total. The molecule has 0 heterocycles. The van der Waals surface area contributed by atoms with E-state index in [0.717, 1.165) is 0 Å². The molecule has 0 unspecified atom stereocenters. The first kappa shape index (κ1) is 114. The van der Waals surface area contributed by atoms with Crippen molar-refractivity contribution in [2.45, 2.75) is 0 Å². The number of carbonyl (C=O) groups excluding carboxylic acids is 1. The normalized spacial score (nSPS) is 4.32. The molecule has 18 N–H and O–H groups in total. The molecule has 18 heteroatoms. The van der Waals surface area contributed by atoms with Gasteiger partial charge >= 0.3 is 58.6 Å². The first-order valence-corrected chi connectivity index (χ1v) is 2.78. The van der Waals surface area contributed by atoms with E-state index in [-0.39, 0.29) is 103 Å². The van der Waals surface area contributed by atoms with Crippen molar-refractivity contribution in [2.75, 3.05) is 0 Å². The average Bonchev–Trinajstić information content (AvgIpc) is 1.19. The Labute approximate surface area is 152 Å². The Hall–Kier alpha value is 0.916. The van der Waals surface area contributed by atoms with Crippen LogP contribution in [-0.2, 0) is 10.4 Å². The van der Waals surface area contributed by atoms with Crippen LogP contribution in [-0.4, -0.2) is 84.9 Å². The van der Waals surface area contributed by atoms with E-state index in [2.05, 4.69) is 11.5 Å². The van der Waals surface area contributed by atoms with Crippen molar-refractivity contribution >= 4 is 39.5 Å². The molecule has 0 bridgehead atoms. The van der Waals surface area contributed by atoms with E-state index in [1.807, 2.05) is 0 Å². The second kappa shape index (κ2) is 61.7. The molecule has 2 amide bonds. The molecule has 0 atom stereocenters. The van der Waals surface area contributed by atoms with Crippen LogP contribution < -0.4 is 53.4 Å². The zero-order valence-electron chi connectivity index (χ0n) is 9.69. The third-order valence-corrected chi connectivity index (χ3v) is 0. The number of primary amides is 2. The van der Waals surface area contributed by atoms with Crippen molar-refractivity contribution < 1.29 is 103 Å². The van der Waals surface area contributed by atoms with Gasteiger partial charge in [-0.05, 0) is 0 Å². The molecular weight excluding hydrogens is 347 g/mol. The smallest absolute Gasteiger partial charge is 1.00 e. The fourth-order valence-corrected chi connectivity index (χ4v) is 0. The SMILES string of the molecule is NC(N)=O.O.O.O.O.O.O.O.O=S(=O)([O-])[O-].[Cl-].[Mg+2].[Na+]. The van der Waals surface area contributed by atoms with Crippen LogP contribution in [0, 0.1) is 0 Å². The summed E-state index contributed by atoms with van der Waals surface area (Å²) in [7, 11) is -5.17. The molecule has 0 aromatic carbocycles. The Morgan fingerprint density at radius 2 is 0.789 bits per heavy atom. The van der Waals surface area contributed by atoms with Crippen molar-refractivity contribution in [3.8, 4) is 0 Å². The molecule has 0 radical (unpaired) electrons. The molecule has 120 valence electrons. The summed E-state index contributed by atoms with van der Waals surface area (Å²) >= 11 is 0. The van der Waals surface area contributed by atoms with Crippen molar-refractivity contribution in [3.63, 3.8) is 0 Å². The van der Waals surface area contributed by atoms with Gasteiger partial charge in [0.2, 0.25) is 0 Å². The number of carbonyl (C=O) groups is 1. The number of amides is 2. The molecule has 0 spiro atoms. The zero-order chi connectivity index (χ0) is 8.08. The summed E-state index contributed by atoms with van der Waals surface area (Å²) in [4.78, 5) is 9.00. The molecule has 0 fully saturated rings. The van der Waals surface area contributed by atoms with E-state index in [1.54, 1.807) is 0 Å². The second-order valence-electron chi connectivity index (χ2n) is 0.811. The van der Waals surface area contributed by atoms with Gasteiger partial charge in [-0.2, -0.15) is 0 Å². The molecule has 0 aliphatic carbocycles. The Kier molecular flexibility index (Phi) is 370. The minimum atomic E-state index is -5.17. The summed E-state index contributed by atoms with van der Waals surface area (Å²) in [6.07, 6.45) is 0. The molecule has 0 aromatic heterocycles. The number of nitrogens with two attached hydrogens (primary N) is 2. The van der Waals surface area contributed by atoms with Crippen LogP contribution in [0.25, 0.3) is 0 Å². The van der Waals surface area contributed by atoms with Gasteiger partial charge in [-0.15, -0.1) is 0 Å². The molecule has 0 aliphatic rings. The largest absolute Gasteiger partial charge is 2.00 e. The van der Waals surface area contributed by atoms with Gasteiger partial charge in [-0.3, -0.25) is 8.42 Å². The van der Waals surface area contributed by atoms with Gasteiger partial charge in [0.15, 0.2) is 0 Å². The first-order chi connectivity index (χ1) is 3.73. The number of hydrogen-bond acceptors (Lipinski definition) is 5. The number of hydrogen-bond donors (Lipinski definition) is 2. The summed E-state index contributed by atoms with van der Waals surface area (Å²) < 4.78 is 34.1. The summed E-state index contributed by atoms with van der Waals surface area (Å²) in [5.41, 5.74) is 8.50. The van der Waals surface area contributed by atoms with Crippen LogP contribution in [0.4, 0.5) is 4.79 Å². The van der Waals surface area contributed by atoms with Gasteiger partial charge in [0.25, 0.3) is 0 Å². The van der Waals surface area contributed by atoms with Crippen molar-refractivity contribution in [2.24, 2.45) is 11.5 Å². The van der Waals surface area contributed by atoms with Gasteiger partial charge in [0, 0.05) is 10.4 Å². The molecule has 0 saturated carbocycles. The first-order valence-electron chi connectivity index (χ1n) is 1.45. The second-order valence-corrected chi connectivity index (χ2v) is 1.63. The van der Waals surface area contributed by atoms with Crippen molar-refractivity contribution in [3.05, 3.63) is 0 Å². The van der Waals surface area contributed by atoms with Crippen LogP contribution in [0.15, 0.2) is 0 Å². The fourth-order valence-electron chi connectivity index (χ4n) is 0. The van der Waals surface area contributed by atoms with Gasteiger partial charge in [0.05, 0.1) is 0 Å². The zero-order valence-corrected chi connectivity index (χ0v) is 14.7. The van der Waals surface area contributed by atoms with Crippen LogP contribution in [0.5, 0.6) is 0 Å². The van der Waals surface area contributed by atoms with Crippen LogP contribution in [0.1, 0.15) is 0 Å². The minimum absolute atomic E-state index is 0. The predicted octanol–water partition coefficient (Wildman–Crippen LogP) is -14.5. The van der Waals surface area contributed by atoms with E-state index < -0.39 is 16.4 Å². The van der Waals surface area contributed by atoms with E-state index in [0.29, 0.717) is 0 Å². The van der Waals surface area contributed by atoms with E-state index in [9.17, 15) is 0 Å². The molecule has 0 aliphatic heterocycles. The third kappa shape index (κ3) is 6450. The summed E-state index contributed by atoms with van der Waals surface area (Å²) in [5.74, 6) is 0. The van der Waals surface area contributed by atoms with Crippen LogP contribution in [0.2, 0.25) is 0 Å². The maximum absolute atomic E-state index is 9.00. The Balaban J connectivity index is -0.00000000340. The predicted molar refractivity (Wildman–Crippen MR) is 55.3 cm³/mol. The maximum Gasteiger partial charge on any atom is 2.00 e.